The maximum absolute atomic E-state index is 11.6. The number of hydrogen-bond donors (Lipinski definition) is 0. The molecule has 0 saturated carbocycles. The first-order chi connectivity index (χ1) is 7.59. The lowest BCUT2D eigenvalue weighted by molar-refractivity contribution is 0.682. The number of halogens is 1. The van der Waals surface area contributed by atoms with E-state index < -0.39 is 11.1 Å². The molecule has 84 valence electrons. The van der Waals surface area contributed by atoms with E-state index in [-0.39, 0.29) is 6.54 Å². The molecule has 0 bridgehead atoms. The van der Waals surface area contributed by atoms with Crippen LogP contribution < -0.4 is 11.1 Å². The van der Waals surface area contributed by atoms with Crippen molar-refractivity contribution in [2.24, 2.45) is 7.05 Å². The largest absolute Gasteiger partial charge is 0.316 e. The van der Waals surface area contributed by atoms with Gasteiger partial charge in [-0.25, -0.2) is 0 Å². The van der Waals surface area contributed by atoms with E-state index in [1.165, 1.54) is 28.6 Å². The summed E-state index contributed by atoms with van der Waals surface area (Å²) in [6.45, 7) is 0.157. The van der Waals surface area contributed by atoms with Crippen LogP contribution in [-0.2, 0) is 13.6 Å². The summed E-state index contributed by atoms with van der Waals surface area (Å²) in [6, 6.07) is 0. The Morgan fingerprint density at radius 1 is 1.38 bits per heavy atom. The van der Waals surface area contributed by atoms with Gasteiger partial charge in [-0.05, 0) is 0 Å². The molecule has 0 radical (unpaired) electrons. The summed E-state index contributed by atoms with van der Waals surface area (Å²) in [6.07, 6.45) is 3.02. The first-order valence-electron chi connectivity index (χ1n) is 4.32. The zero-order valence-electron chi connectivity index (χ0n) is 8.25. The van der Waals surface area contributed by atoms with Crippen LogP contribution in [0.3, 0.4) is 0 Å². The van der Waals surface area contributed by atoms with Gasteiger partial charge >= 0.3 is 11.1 Å². The van der Waals surface area contributed by atoms with Gasteiger partial charge in [-0.15, -0.1) is 5.10 Å². The van der Waals surface area contributed by atoms with Crippen molar-refractivity contribution in [2.45, 2.75) is 6.54 Å². The van der Waals surface area contributed by atoms with Crippen molar-refractivity contribution in [1.82, 2.24) is 18.7 Å². The standard InChI is InChI=1S/C8H7ClN4O2S/c1-12-2-3-13(8(15)7(12)14)4-5-6(9)16-11-10-5/h2-3H,4H2,1H3. The molecule has 0 amide bonds. The Morgan fingerprint density at radius 3 is 2.75 bits per heavy atom. The molecule has 0 aliphatic heterocycles. The van der Waals surface area contributed by atoms with Crippen LogP contribution in [0.15, 0.2) is 22.0 Å². The van der Waals surface area contributed by atoms with Crippen LogP contribution in [0.2, 0.25) is 4.34 Å². The van der Waals surface area contributed by atoms with E-state index in [1.54, 1.807) is 0 Å². The molecule has 8 heteroatoms. The minimum Gasteiger partial charge on any atom is -0.312 e. The lowest BCUT2D eigenvalue weighted by Gasteiger charge is -2.03. The molecule has 0 N–H and O–H groups in total. The fourth-order valence-corrected chi connectivity index (χ4v) is 1.78. The van der Waals surface area contributed by atoms with Crippen LogP contribution in [-0.4, -0.2) is 18.7 Å². The molecular formula is C8H7ClN4O2S. The first-order valence-corrected chi connectivity index (χ1v) is 5.47. The molecule has 2 rings (SSSR count). The maximum Gasteiger partial charge on any atom is 0.316 e. The van der Waals surface area contributed by atoms with Gasteiger partial charge in [0.15, 0.2) is 0 Å². The van der Waals surface area contributed by atoms with Crippen molar-refractivity contribution < 1.29 is 0 Å². The molecule has 0 aliphatic carbocycles. The fourth-order valence-electron chi connectivity index (χ4n) is 1.17. The first kappa shape index (κ1) is 11.0. The predicted molar refractivity (Wildman–Crippen MR) is 60.0 cm³/mol. The SMILES string of the molecule is Cn1ccn(Cc2nnsc2Cl)c(=O)c1=O. The number of aromatic nitrogens is 4. The molecule has 2 heterocycles. The number of nitrogens with zero attached hydrogens (tertiary/aromatic N) is 4. The highest BCUT2D eigenvalue weighted by atomic mass is 35.5. The van der Waals surface area contributed by atoms with Gasteiger partial charge in [-0.1, -0.05) is 16.1 Å². The van der Waals surface area contributed by atoms with Crippen LogP contribution in [0.5, 0.6) is 0 Å². The third-order valence-corrected chi connectivity index (χ3v) is 3.05. The molecule has 16 heavy (non-hydrogen) atoms. The lowest BCUT2D eigenvalue weighted by atomic mass is 10.4. The molecule has 0 atom stereocenters. The maximum atomic E-state index is 11.6. The van der Waals surface area contributed by atoms with Gasteiger partial charge in [0.25, 0.3) is 0 Å². The summed E-state index contributed by atoms with van der Waals surface area (Å²) >= 11 is 6.85. The quantitative estimate of drug-likeness (QED) is 0.717. The van der Waals surface area contributed by atoms with Gasteiger partial charge in [-0.3, -0.25) is 9.59 Å². The zero-order chi connectivity index (χ0) is 11.7. The fraction of sp³-hybridized carbons (Fsp3) is 0.250. The van der Waals surface area contributed by atoms with Crippen molar-refractivity contribution in [2.75, 3.05) is 0 Å². The van der Waals surface area contributed by atoms with Crippen molar-refractivity contribution in [1.29, 1.82) is 0 Å². The number of aryl methyl sites for hydroxylation is 1. The van der Waals surface area contributed by atoms with E-state index in [0.717, 1.165) is 11.5 Å². The molecule has 0 aromatic carbocycles. The third kappa shape index (κ3) is 1.91. The van der Waals surface area contributed by atoms with Crippen LogP contribution in [0.25, 0.3) is 0 Å². The summed E-state index contributed by atoms with van der Waals surface area (Å²) in [5.41, 5.74) is -0.696. The normalized spacial score (nSPS) is 10.6. The van der Waals surface area contributed by atoms with Crippen LogP contribution >= 0.6 is 23.1 Å². The molecule has 6 nitrogen and oxygen atoms in total. The smallest absolute Gasteiger partial charge is 0.312 e. The van der Waals surface area contributed by atoms with E-state index in [4.69, 9.17) is 11.6 Å². The average molecular weight is 259 g/mol. The highest BCUT2D eigenvalue weighted by molar-refractivity contribution is 7.10. The van der Waals surface area contributed by atoms with Gasteiger partial charge in [0.1, 0.15) is 10.0 Å². The second-order valence-corrected chi connectivity index (χ2v) is 4.50. The summed E-state index contributed by atoms with van der Waals surface area (Å²) < 4.78 is 6.55. The van der Waals surface area contributed by atoms with Crippen LogP contribution in [0, 0.1) is 0 Å². The second-order valence-electron chi connectivity index (χ2n) is 3.14. The zero-order valence-corrected chi connectivity index (χ0v) is 9.83. The van der Waals surface area contributed by atoms with Crippen molar-refractivity contribution in [3.63, 3.8) is 0 Å². The molecule has 2 aromatic heterocycles. The topological polar surface area (TPSA) is 69.8 Å². The Bertz CT molecular complexity index is 629. The number of rotatable bonds is 2. The predicted octanol–water partition coefficient (Wildman–Crippen LogP) is 0.100. The summed E-state index contributed by atoms with van der Waals surface area (Å²) in [4.78, 5) is 22.9. The molecule has 0 aliphatic rings. The van der Waals surface area contributed by atoms with Gasteiger partial charge in [-0.2, -0.15) is 0 Å². The van der Waals surface area contributed by atoms with Crippen LogP contribution in [0.1, 0.15) is 5.69 Å². The third-order valence-electron chi connectivity index (χ3n) is 2.06. The minimum atomic E-state index is -0.603. The van der Waals surface area contributed by atoms with Crippen LogP contribution in [0.4, 0.5) is 0 Å². The second kappa shape index (κ2) is 4.18. The lowest BCUT2D eigenvalue weighted by Crippen LogP contribution is -2.39. The Balaban J connectivity index is 2.44. The molecule has 0 unspecified atom stereocenters. The van der Waals surface area contributed by atoms with Gasteiger partial charge in [0.2, 0.25) is 0 Å². The van der Waals surface area contributed by atoms with Gasteiger partial charge in [0, 0.05) is 31.0 Å². The number of hydrogen-bond acceptors (Lipinski definition) is 5. The molecular weight excluding hydrogens is 252 g/mol. The Morgan fingerprint density at radius 2 is 2.12 bits per heavy atom. The van der Waals surface area contributed by atoms with E-state index in [0.29, 0.717) is 10.0 Å². The monoisotopic (exact) mass is 258 g/mol. The van der Waals surface area contributed by atoms with E-state index >= 15 is 0 Å². The molecule has 0 spiro atoms. The minimum absolute atomic E-state index is 0.157. The van der Waals surface area contributed by atoms with Crippen molar-refractivity contribution >= 4 is 23.1 Å². The summed E-state index contributed by atoms with van der Waals surface area (Å²) in [5.74, 6) is 0. The molecule has 0 fully saturated rings. The van der Waals surface area contributed by atoms with Gasteiger partial charge < -0.3 is 9.13 Å². The average Bonchev–Trinajstić information content (AvgIpc) is 2.65. The van der Waals surface area contributed by atoms with E-state index in [1.807, 2.05) is 0 Å². The highest BCUT2D eigenvalue weighted by Crippen LogP contribution is 2.17. The molecule has 2 aromatic rings. The summed E-state index contributed by atoms with van der Waals surface area (Å²) in [7, 11) is 1.52. The van der Waals surface area contributed by atoms with E-state index in [2.05, 4.69) is 9.59 Å². The molecule has 0 saturated heterocycles. The van der Waals surface area contributed by atoms with Crippen molar-refractivity contribution in [3.05, 3.63) is 43.1 Å². The van der Waals surface area contributed by atoms with E-state index in [9.17, 15) is 9.59 Å². The Kier molecular flexibility index (Phi) is 2.88. The Labute approximate surface area is 98.9 Å². The van der Waals surface area contributed by atoms with Gasteiger partial charge in [0.05, 0.1) is 6.54 Å². The highest BCUT2D eigenvalue weighted by Gasteiger charge is 2.08. The summed E-state index contributed by atoms with van der Waals surface area (Å²) in [5, 5.41) is 3.77. The Hall–Kier alpha value is -1.47. The van der Waals surface area contributed by atoms with Crippen molar-refractivity contribution in [3.8, 4) is 0 Å².